The number of ether oxygens (including phenoxy) is 1. The minimum atomic E-state index is -0.914. The molecular weight excluding hydrogens is 344 g/mol. The van der Waals surface area contributed by atoms with Gasteiger partial charge in [-0.05, 0) is 70.1 Å². The van der Waals surface area contributed by atoms with Gasteiger partial charge in [-0.3, -0.25) is 4.79 Å². The molecule has 2 rings (SSSR count). The largest absolute Gasteiger partial charge is 0.478 e. The monoisotopic (exact) mass is 376 g/mol. The number of carboxylic acids is 1. The molecule has 0 radical (unpaired) electrons. The van der Waals surface area contributed by atoms with Gasteiger partial charge in [0.1, 0.15) is 12.4 Å². The highest BCUT2D eigenvalue weighted by Crippen LogP contribution is 2.60. The van der Waals surface area contributed by atoms with Crippen LogP contribution in [-0.2, 0) is 19.1 Å². The molecule has 27 heavy (non-hydrogen) atoms. The molecule has 0 aromatic heterocycles. The first-order valence-corrected chi connectivity index (χ1v) is 9.75. The Balaban J connectivity index is 2.31. The quantitative estimate of drug-likeness (QED) is 0.323. The molecule has 2 aliphatic rings. The van der Waals surface area contributed by atoms with Gasteiger partial charge in [0, 0.05) is 13.0 Å². The molecule has 5 heteroatoms. The number of rotatable bonds is 6. The number of carboxylic acid groups (broad SMARTS) is 1. The van der Waals surface area contributed by atoms with Crippen molar-refractivity contribution >= 4 is 18.2 Å². The molecule has 150 valence electrons. The number of carbonyl (C=O) groups excluding carboxylic acids is 2. The van der Waals surface area contributed by atoms with E-state index in [1.807, 2.05) is 13.8 Å². The Morgan fingerprint density at radius 1 is 1.33 bits per heavy atom. The molecule has 1 saturated carbocycles. The molecule has 0 aromatic carbocycles. The van der Waals surface area contributed by atoms with Crippen molar-refractivity contribution in [3.8, 4) is 0 Å². The van der Waals surface area contributed by atoms with Gasteiger partial charge in [0.2, 0.25) is 0 Å². The van der Waals surface area contributed by atoms with Gasteiger partial charge >= 0.3 is 11.9 Å². The summed E-state index contributed by atoms with van der Waals surface area (Å²) in [5.41, 5.74) is 1.39. The Morgan fingerprint density at radius 2 is 2.00 bits per heavy atom. The Morgan fingerprint density at radius 3 is 2.56 bits per heavy atom. The van der Waals surface area contributed by atoms with E-state index in [1.54, 1.807) is 0 Å². The minimum Gasteiger partial charge on any atom is -0.478 e. The summed E-state index contributed by atoms with van der Waals surface area (Å²) in [5.74, 6) is -0.878. The van der Waals surface area contributed by atoms with Crippen molar-refractivity contribution in [1.29, 1.82) is 0 Å². The summed E-state index contributed by atoms with van der Waals surface area (Å²) >= 11 is 0. The Labute approximate surface area is 161 Å². The first kappa shape index (κ1) is 21.4. The Hall–Kier alpha value is -1.91. The number of allylic oxidation sites excluding steroid dienone is 3. The molecule has 0 aliphatic heterocycles. The maximum Gasteiger partial charge on any atom is 0.328 e. The zero-order valence-corrected chi connectivity index (χ0v) is 17.1. The molecule has 1 N–H and O–H groups in total. The van der Waals surface area contributed by atoms with Crippen molar-refractivity contribution in [2.24, 2.45) is 22.7 Å². The van der Waals surface area contributed by atoms with Gasteiger partial charge in [-0.1, -0.05) is 24.1 Å². The van der Waals surface area contributed by atoms with Crippen LogP contribution in [0.4, 0.5) is 0 Å². The fraction of sp³-hybridized carbons (Fsp3) is 0.682. The molecule has 0 bridgehead atoms. The summed E-state index contributed by atoms with van der Waals surface area (Å²) in [6.45, 7) is 9.56. The van der Waals surface area contributed by atoms with Crippen molar-refractivity contribution in [3.05, 3.63) is 23.3 Å². The van der Waals surface area contributed by atoms with Crippen LogP contribution >= 0.6 is 0 Å². The molecule has 2 aliphatic carbocycles. The average molecular weight is 376 g/mol. The topological polar surface area (TPSA) is 80.7 Å². The number of hydrogen-bond donors (Lipinski definition) is 1. The SMILES string of the molecule is CC(=O)OC1CCC2(C)C(CCC(C)=CC(=O)O)C(C)=CCC2C1(C)C=O. The van der Waals surface area contributed by atoms with Gasteiger partial charge in [0.05, 0.1) is 5.41 Å². The van der Waals surface area contributed by atoms with Crippen molar-refractivity contribution in [1.82, 2.24) is 0 Å². The number of aldehydes is 1. The number of hydrogen-bond acceptors (Lipinski definition) is 4. The van der Waals surface area contributed by atoms with Crippen LogP contribution in [-0.4, -0.2) is 29.4 Å². The smallest absolute Gasteiger partial charge is 0.328 e. The fourth-order valence-electron chi connectivity index (χ4n) is 5.53. The standard InChI is InChI=1S/C22H32O5/c1-14(12-20(25)26)6-8-17-15(2)7-9-18-21(17,4)11-10-19(27-16(3)24)22(18,5)13-23/h7,12-13,17-19H,6,8-11H2,1-5H3,(H,25,26). The van der Waals surface area contributed by atoms with E-state index in [9.17, 15) is 14.4 Å². The summed E-state index contributed by atoms with van der Waals surface area (Å²) < 4.78 is 5.53. The predicted molar refractivity (Wildman–Crippen MR) is 103 cm³/mol. The zero-order valence-electron chi connectivity index (χ0n) is 17.1. The maximum absolute atomic E-state index is 12.2. The van der Waals surface area contributed by atoms with E-state index in [1.165, 1.54) is 18.6 Å². The van der Waals surface area contributed by atoms with Gasteiger partial charge in [0.15, 0.2) is 0 Å². The third-order valence-electron chi connectivity index (χ3n) is 6.97. The van der Waals surface area contributed by atoms with Crippen molar-refractivity contribution in [2.75, 3.05) is 0 Å². The number of aliphatic carboxylic acids is 1. The molecular formula is C22H32O5. The van der Waals surface area contributed by atoms with Gasteiger partial charge in [-0.25, -0.2) is 4.79 Å². The lowest BCUT2D eigenvalue weighted by molar-refractivity contribution is -0.174. The van der Waals surface area contributed by atoms with Crippen LogP contribution in [0, 0.1) is 22.7 Å². The van der Waals surface area contributed by atoms with E-state index in [0.29, 0.717) is 6.42 Å². The normalized spacial score (nSPS) is 36.4. The fourth-order valence-corrected chi connectivity index (χ4v) is 5.53. The predicted octanol–water partition coefficient (Wildman–Crippen LogP) is 4.32. The van der Waals surface area contributed by atoms with Crippen LogP contribution in [0.1, 0.15) is 66.7 Å². The molecule has 5 nitrogen and oxygen atoms in total. The molecule has 0 amide bonds. The first-order chi connectivity index (χ1) is 12.5. The van der Waals surface area contributed by atoms with E-state index in [0.717, 1.165) is 37.5 Å². The molecule has 0 spiro atoms. The summed E-state index contributed by atoms with van der Waals surface area (Å²) in [4.78, 5) is 34.6. The lowest BCUT2D eigenvalue weighted by Crippen LogP contribution is -2.57. The maximum atomic E-state index is 12.2. The van der Waals surface area contributed by atoms with Gasteiger partial charge in [-0.15, -0.1) is 0 Å². The van der Waals surface area contributed by atoms with E-state index in [2.05, 4.69) is 19.9 Å². The average Bonchev–Trinajstić information content (AvgIpc) is 2.56. The first-order valence-electron chi connectivity index (χ1n) is 9.75. The van der Waals surface area contributed by atoms with Crippen LogP contribution in [0.15, 0.2) is 23.3 Å². The number of esters is 1. The van der Waals surface area contributed by atoms with Crippen LogP contribution in [0.3, 0.4) is 0 Å². The van der Waals surface area contributed by atoms with Crippen LogP contribution in [0.5, 0.6) is 0 Å². The number of fused-ring (bicyclic) bond motifs is 1. The highest BCUT2D eigenvalue weighted by Gasteiger charge is 2.58. The zero-order chi connectivity index (χ0) is 20.4. The molecule has 0 aromatic rings. The Bertz CT molecular complexity index is 676. The van der Waals surface area contributed by atoms with Crippen molar-refractivity contribution in [3.63, 3.8) is 0 Å². The second-order valence-electron chi connectivity index (χ2n) is 8.78. The van der Waals surface area contributed by atoms with Gasteiger partial charge < -0.3 is 14.6 Å². The van der Waals surface area contributed by atoms with Crippen molar-refractivity contribution < 1.29 is 24.2 Å². The van der Waals surface area contributed by atoms with E-state index in [-0.39, 0.29) is 29.3 Å². The number of carbonyl (C=O) groups is 3. The van der Waals surface area contributed by atoms with E-state index in [4.69, 9.17) is 9.84 Å². The van der Waals surface area contributed by atoms with Gasteiger partial charge in [0.25, 0.3) is 0 Å². The minimum absolute atomic E-state index is 0.0748. The second-order valence-corrected chi connectivity index (χ2v) is 8.78. The third kappa shape index (κ3) is 4.17. The van der Waals surface area contributed by atoms with Crippen LogP contribution in [0.25, 0.3) is 0 Å². The van der Waals surface area contributed by atoms with Crippen molar-refractivity contribution in [2.45, 2.75) is 72.8 Å². The lowest BCUT2D eigenvalue weighted by Gasteiger charge is -2.58. The third-order valence-corrected chi connectivity index (χ3v) is 6.97. The second kappa shape index (κ2) is 7.99. The highest BCUT2D eigenvalue weighted by molar-refractivity contribution is 5.80. The molecule has 5 unspecified atom stereocenters. The summed E-state index contributed by atoms with van der Waals surface area (Å²) in [7, 11) is 0. The van der Waals surface area contributed by atoms with E-state index < -0.39 is 11.4 Å². The van der Waals surface area contributed by atoms with Gasteiger partial charge in [-0.2, -0.15) is 0 Å². The highest BCUT2D eigenvalue weighted by atomic mass is 16.5. The lowest BCUT2D eigenvalue weighted by atomic mass is 9.47. The Kier molecular flexibility index (Phi) is 6.33. The van der Waals surface area contributed by atoms with Crippen LogP contribution < -0.4 is 0 Å². The molecule has 5 atom stereocenters. The summed E-state index contributed by atoms with van der Waals surface area (Å²) in [6.07, 6.45) is 8.03. The summed E-state index contributed by atoms with van der Waals surface area (Å²) in [5, 5.41) is 8.94. The molecule has 0 heterocycles. The molecule has 1 fully saturated rings. The van der Waals surface area contributed by atoms with Crippen LogP contribution in [0.2, 0.25) is 0 Å². The molecule has 0 saturated heterocycles. The van der Waals surface area contributed by atoms with E-state index >= 15 is 0 Å². The summed E-state index contributed by atoms with van der Waals surface area (Å²) in [6, 6.07) is 0.